The van der Waals surface area contributed by atoms with Crippen LogP contribution < -0.4 is 9.64 Å². The van der Waals surface area contributed by atoms with E-state index in [1.165, 1.54) is 11.3 Å². The van der Waals surface area contributed by atoms with Gasteiger partial charge in [-0.15, -0.1) is 12.4 Å². The van der Waals surface area contributed by atoms with Crippen molar-refractivity contribution in [2.75, 3.05) is 18.6 Å². The molecule has 0 atom stereocenters. The van der Waals surface area contributed by atoms with Crippen LogP contribution in [0.25, 0.3) is 16.3 Å². The Bertz CT molecular complexity index is 1210. The molecule has 166 valence electrons. The predicted octanol–water partition coefficient (Wildman–Crippen LogP) is 5.71. The van der Waals surface area contributed by atoms with E-state index in [4.69, 9.17) is 21.3 Å². The molecule has 2 heterocycles. The lowest BCUT2D eigenvalue weighted by molar-refractivity contribution is -0.114. The highest BCUT2D eigenvalue weighted by molar-refractivity contribution is 7.22. The predicted molar refractivity (Wildman–Crippen MR) is 133 cm³/mol. The molecular formula is C23H22Cl2N4O2S. The average molecular weight is 489 g/mol. The van der Waals surface area contributed by atoms with Gasteiger partial charge in [-0.3, -0.25) is 9.69 Å². The summed E-state index contributed by atoms with van der Waals surface area (Å²) in [5.41, 5.74) is 1.55. The first-order valence-electron chi connectivity index (χ1n) is 9.79. The molecule has 0 saturated heterocycles. The quantitative estimate of drug-likeness (QED) is 0.298. The van der Waals surface area contributed by atoms with Crippen LogP contribution in [-0.2, 0) is 11.3 Å². The monoisotopic (exact) mass is 488 g/mol. The van der Waals surface area contributed by atoms with Crippen molar-refractivity contribution >= 4 is 62.7 Å². The lowest BCUT2D eigenvalue weighted by atomic mass is 10.2. The number of para-hydroxylation sites is 1. The van der Waals surface area contributed by atoms with E-state index in [1.807, 2.05) is 47.2 Å². The number of carbonyl (C=O) groups excluding carboxylic acids is 1. The first-order valence-corrected chi connectivity index (χ1v) is 11.0. The van der Waals surface area contributed by atoms with Crippen LogP contribution >= 0.6 is 35.3 Å². The first kappa shape index (κ1) is 23.8. The largest absolute Gasteiger partial charge is 0.494 e. The van der Waals surface area contributed by atoms with Gasteiger partial charge in [0.05, 0.1) is 18.1 Å². The number of nitrogens with zero attached hydrogens (tertiary/aromatic N) is 4. The summed E-state index contributed by atoms with van der Waals surface area (Å²) < 4.78 is 8.39. The van der Waals surface area contributed by atoms with Crippen LogP contribution in [0.2, 0.25) is 5.02 Å². The maximum absolute atomic E-state index is 13.2. The Morgan fingerprint density at radius 2 is 2.09 bits per heavy atom. The zero-order valence-electron chi connectivity index (χ0n) is 17.3. The Morgan fingerprint density at radius 3 is 2.84 bits per heavy atom. The van der Waals surface area contributed by atoms with E-state index in [-0.39, 0.29) is 18.3 Å². The number of benzene rings is 2. The highest BCUT2D eigenvalue weighted by Crippen LogP contribution is 2.34. The molecule has 0 aliphatic carbocycles. The summed E-state index contributed by atoms with van der Waals surface area (Å²) in [6.45, 7) is 1.28. The molecule has 0 aliphatic heterocycles. The zero-order valence-corrected chi connectivity index (χ0v) is 19.7. The molecule has 4 aromatic rings. The van der Waals surface area contributed by atoms with Gasteiger partial charge < -0.3 is 9.30 Å². The number of fused-ring (bicyclic) bond motifs is 1. The number of methoxy groups -OCH3 is 1. The summed E-state index contributed by atoms with van der Waals surface area (Å²) in [6.07, 6.45) is 9.46. The third-order valence-corrected chi connectivity index (χ3v) is 6.14. The van der Waals surface area contributed by atoms with E-state index in [1.54, 1.807) is 42.8 Å². The van der Waals surface area contributed by atoms with Crippen molar-refractivity contribution in [3.8, 4) is 5.75 Å². The number of rotatable bonds is 8. The molecule has 0 bridgehead atoms. The summed E-state index contributed by atoms with van der Waals surface area (Å²) in [7, 11) is 1.62. The maximum Gasteiger partial charge on any atom is 0.252 e. The number of hydrogen-bond donors (Lipinski definition) is 0. The standard InChI is InChI=1S/C23H21ClN4O2S.ClH/c1-30-19-8-4-9-20-22(19)26-23(31-20)28(14-5-13-27-15-12-25-16-27)21(29)11-10-17-6-2-3-7-18(17)24;/h2-4,6-12,15-16H,5,13-14H2,1H3;1H/b11-10+;. The van der Waals surface area contributed by atoms with Crippen molar-refractivity contribution in [3.63, 3.8) is 0 Å². The fourth-order valence-corrected chi connectivity index (χ4v) is 4.40. The summed E-state index contributed by atoms with van der Waals surface area (Å²) in [5, 5.41) is 1.24. The average Bonchev–Trinajstić information content (AvgIpc) is 3.45. The van der Waals surface area contributed by atoms with E-state index in [0.717, 1.165) is 28.7 Å². The smallest absolute Gasteiger partial charge is 0.252 e. The summed E-state index contributed by atoms with van der Waals surface area (Å²) in [5.74, 6) is 0.543. The highest BCUT2D eigenvalue weighted by Gasteiger charge is 2.19. The Balaban J connectivity index is 0.00000289. The second-order valence-corrected chi connectivity index (χ2v) is 8.22. The summed E-state index contributed by atoms with van der Waals surface area (Å²) >= 11 is 7.69. The second kappa shape index (κ2) is 11.1. The molecule has 9 heteroatoms. The van der Waals surface area contributed by atoms with Crippen LogP contribution in [0.1, 0.15) is 12.0 Å². The minimum atomic E-state index is -0.149. The number of halogens is 2. The van der Waals surface area contributed by atoms with Crippen LogP contribution in [0.4, 0.5) is 5.13 Å². The first-order chi connectivity index (χ1) is 15.2. The van der Waals surface area contributed by atoms with Crippen LogP contribution in [0, 0.1) is 0 Å². The molecule has 0 saturated carbocycles. The van der Waals surface area contributed by atoms with Crippen molar-refractivity contribution in [2.45, 2.75) is 13.0 Å². The Hall–Kier alpha value is -2.87. The van der Waals surface area contributed by atoms with Crippen molar-refractivity contribution in [3.05, 3.63) is 77.8 Å². The molecular weight excluding hydrogens is 467 g/mol. The number of imidazole rings is 1. The van der Waals surface area contributed by atoms with Crippen molar-refractivity contribution in [1.29, 1.82) is 0 Å². The van der Waals surface area contributed by atoms with Crippen molar-refractivity contribution in [1.82, 2.24) is 14.5 Å². The van der Waals surface area contributed by atoms with Crippen LogP contribution in [0.5, 0.6) is 5.75 Å². The van der Waals surface area contributed by atoms with Gasteiger partial charge in [0.25, 0.3) is 5.91 Å². The Labute approximate surface area is 201 Å². The number of carbonyl (C=O) groups is 1. The van der Waals surface area contributed by atoms with Crippen molar-refractivity contribution < 1.29 is 9.53 Å². The number of thiazole rings is 1. The number of aryl methyl sites for hydroxylation is 1. The number of amides is 1. The Morgan fingerprint density at radius 1 is 1.25 bits per heavy atom. The fourth-order valence-electron chi connectivity index (χ4n) is 3.18. The summed E-state index contributed by atoms with van der Waals surface area (Å²) in [4.78, 5) is 23.6. The van der Waals surface area contributed by atoms with Crippen LogP contribution in [-0.4, -0.2) is 34.1 Å². The van der Waals surface area contributed by atoms with Crippen LogP contribution in [0.3, 0.4) is 0 Å². The zero-order chi connectivity index (χ0) is 21.6. The van der Waals surface area contributed by atoms with Gasteiger partial charge in [0, 0.05) is 36.6 Å². The van der Waals surface area contributed by atoms with Gasteiger partial charge in [0.1, 0.15) is 11.3 Å². The summed E-state index contributed by atoms with van der Waals surface area (Å²) in [6, 6.07) is 13.2. The van der Waals surface area contributed by atoms with Gasteiger partial charge in [-0.25, -0.2) is 9.97 Å². The van der Waals surface area contributed by atoms with Gasteiger partial charge >= 0.3 is 0 Å². The van der Waals surface area contributed by atoms with Gasteiger partial charge in [0.2, 0.25) is 0 Å². The third kappa shape index (κ3) is 5.48. The van der Waals surface area contributed by atoms with Crippen molar-refractivity contribution in [2.24, 2.45) is 0 Å². The molecule has 4 rings (SSSR count). The number of hydrogen-bond acceptors (Lipinski definition) is 5. The highest BCUT2D eigenvalue weighted by atomic mass is 35.5. The molecule has 0 aliphatic rings. The molecule has 32 heavy (non-hydrogen) atoms. The van der Waals surface area contributed by atoms with E-state index in [0.29, 0.717) is 22.4 Å². The topological polar surface area (TPSA) is 60.2 Å². The van der Waals surface area contributed by atoms with E-state index in [9.17, 15) is 4.79 Å². The van der Waals surface area contributed by atoms with Gasteiger partial charge in [-0.2, -0.15) is 0 Å². The minimum Gasteiger partial charge on any atom is -0.494 e. The van der Waals surface area contributed by atoms with Crippen LogP contribution in [0.15, 0.2) is 67.3 Å². The lowest BCUT2D eigenvalue weighted by Gasteiger charge is -2.18. The van der Waals surface area contributed by atoms with Gasteiger partial charge in [0.15, 0.2) is 5.13 Å². The normalized spacial score (nSPS) is 10.9. The SMILES string of the molecule is COc1cccc2sc(N(CCCn3ccnc3)C(=O)/C=C/c3ccccc3Cl)nc12.Cl. The second-order valence-electron chi connectivity index (χ2n) is 6.80. The van der Waals surface area contributed by atoms with E-state index in [2.05, 4.69) is 4.98 Å². The number of anilines is 1. The van der Waals surface area contributed by atoms with Gasteiger partial charge in [-0.05, 0) is 36.3 Å². The maximum atomic E-state index is 13.2. The fraction of sp³-hybridized carbons (Fsp3) is 0.174. The molecule has 0 fully saturated rings. The molecule has 2 aromatic heterocycles. The van der Waals surface area contributed by atoms with E-state index < -0.39 is 0 Å². The molecule has 0 radical (unpaired) electrons. The third-order valence-electron chi connectivity index (χ3n) is 4.76. The molecule has 0 N–H and O–H groups in total. The lowest BCUT2D eigenvalue weighted by Crippen LogP contribution is -2.30. The Kier molecular flexibility index (Phi) is 8.27. The van der Waals surface area contributed by atoms with Gasteiger partial charge in [-0.1, -0.05) is 47.2 Å². The van der Waals surface area contributed by atoms with E-state index >= 15 is 0 Å². The molecule has 2 aromatic carbocycles. The molecule has 1 amide bonds. The number of aromatic nitrogens is 3. The molecule has 0 spiro atoms. The molecule has 6 nitrogen and oxygen atoms in total. The minimum absolute atomic E-state index is 0. The number of ether oxygens (including phenoxy) is 1. The molecule has 0 unspecified atom stereocenters.